The molecule has 2 N–H and O–H groups in total. The Morgan fingerprint density at radius 3 is 2.62 bits per heavy atom. The van der Waals surface area contributed by atoms with Crippen molar-refractivity contribution < 1.29 is 18.7 Å². The lowest BCUT2D eigenvalue weighted by Crippen LogP contribution is -2.09. The molecule has 5 rings (SSSR count). The number of hydrogen-bond donors (Lipinski definition) is 1. The first kappa shape index (κ1) is 24.3. The van der Waals surface area contributed by atoms with Crippen LogP contribution in [0.25, 0.3) is 33.2 Å². The van der Waals surface area contributed by atoms with Gasteiger partial charge in [0.2, 0.25) is 0 Å². The average Bonchev–Trinajstić information content (AvgIpc) is 3.35. The van der Waals surface area contributed by atoms with Crippen molar-refractivity contribution in [3.8, 4) is 28.0 Å². The lowest BCUT2D eigenvalue weighted by Gasteiger charge is -2.12. The molecule has 3 aromatic carbocycles. The van der Waals surface area contributed by atoms with Crippen LogP contribution in [0.4, 0.5) is 0 Å². The van der Waals surface area contributed by atoms with Gasteiger partial charge in [-0.15, -0.1) is 0 Å². The third-order valence-corrected chi connectivity index (χ3v) is 6.22. The van der Waals surface area contributed by atoms with Crippen LogP contribution in [0.2, 0.25) is 0 Å². The Balaban J connectivity index is 1.53. The monoisotopic (exact) mass is 492 g/mol. The van der Waals surface area contributed by atoms with Gasteiger partial charge in [-0.3, -0.25) is 9.78 Å². The van der Waals surface area contributed by atoms with Gasteiger partial charge in [0, 0.05) is 46.6 Å². The minimum absolute atomic E-state index is 0.156. The maximum atomic E-state index is 12.1. The molecule has 0 fully saturated rings. The number of ether oxygens (including phenoxy) is 2. The Morgan fingerprint density at radius 1 is 0.946 bits per heavy atom. The van der Waals surface area contributed by atoms with Gasteiger partial charge in [0.25, 0.3) is 0 Å². The van der Waals surface area contributed by atoms with E-state index in [4.69, 9.17) is 19.6 Å². The van der Waals surface area contributed by atoms with E-state index in [1.807, 2.05) is 54.7 Å². The highest BCUT2D eigenvalue weighted by atomic mass is 16.5. The highest BCUT2D eigenvalue weighted by Gasteiger charge is 2.16. The van der Waals surface area contributed by atoms with Crippen LogP contribution in [0.3, 0.4) is 0 Å². The van der Waals surface area contributed by atoms with Crippen molar-refractivity contribution in [1.29, 1.82) is 0 Å². The quantitative estimate of drug-likeness (QED) is 0.243. The maximum absolute atomic E-state index is 12.1. The molecule has 0 saturated heterocycles. The van der Waals surface area contributed by atoms with E-state index < -0.39 is 0 Å². The summed E-state index contributed by atoms with van der Waals surface area (Å²) in [6.45, 7) is 2.90. The fourth-order valence-corrected chi connectivity index (χ4v) is 4.39. The van der Waals surface area contributed by atoms with Gasteiger partial charge in [-0.1, -0.05) is 42.5 Å². The van der Waals surface area contributed by atoms with Crippen LogP contribution >= 0.6 is 0 Å². The number of fused-ring (bicyclic) bond motifs is 1. The second-order valence-corrected chi connectivity index (χ2v) is 8.69. The van der Waals surface area contributed by atoms with E-state index in [2.05, 4.69) is 29.2 Å². The first-order chi connectivity index (χ1) is 18.2. The number of aromatic nitrogens is 1. The van der Waals surface area contributed by atoms with Crippen molar-refractivity contribution in [3.63, 3.8) is 0 Å². The zero-order valence-corrected chi connectivity index (χ0v) is 20.6. The summed E-state index contributed by atoms with van der Waals surface area (Å²) >= 11 is 0. The Hall–Kier alpha value is -4.42. The number of furan rings is 1. The number of nitrogens with zero attached hydrogens (tertiary/aromatic N) is 1. The maximum Gasteiger partial charge on any atom is 0.310 e. The molecule has 0 unspecified atom stereocenters. The Morgan fingerprint density at radius 2 is 1.81 bits per heavy atom. The molecule has 0 atom stereocenters. The van der Waals surface area contributed by atoms with Crippen molar-refractivity contribution >= 4 is 16.9 Å². The Kier molecular flexibility index (Phi) is 7.28. The molecular formula is C31H28N2O4. The van der Waals surface area contributed by atoms with Crippen molar-refractivity contribution in [3.05, 3.63) is 108 Å². The lowest BCUT2D eigenvalue weighted by atomic mass is 9.95. The van der Waals surface area contributed by atoms with Crippen LogP contribution < -0.4 is 10.5 Å². The third kappa shape index (κ3) is 5.39. The Labute approximate surface area is 215 Å². The van der Waals surface area contributed by atoms with Crippen molar-refractivity contribution in [2.45, 2.75) is 26.5 Å². The second kappa shape index (κ2) is 11.1. The van der Waals surface area contributed by atoms with Crippen LogP contribution in [-0.4, -0.2) is 17.6 Å². The van der Waals surface area contributed by atoms with Crippen LogP contribution in [-0.2, 0) is 29.1 Å². The standard InChI is InChI=1S/C31H28N2O4/c1-2-35-30(34)16-23-8-3-4-11-29(23)36-19-26-20-37-31-27(24-10-6-12-33-18-24)14-25(15-28(26)31)22-9-5-7-21(13-22)17-32/h3-15,18,20H,2,16-17,19,32H2,1H3. The first-order valence-electron chi connectivity index (χ1n) is 12.3. The average molecular weight is 493 g/mol. The molecule has 0 radical (unpaired) electrons. The van der Waals surface area contributed by atoms with Gasteiger partial charge < -0.3 is 19.6 Å². The molecule has 2 heterocycles. The topological polar surface area (TPSA) is 87.6 Å². The summed E-state index contributed by atoms with van der Waals surface area (Å²) in [5.74, 6) is 0.363. The summed E-state index contributed by atoms with van der Waals surface area (Å²) < 4.78 is 17.4. The van der Waals surface area contributed by atoms with Crippen LogP contribution in [0, 0.1) is 0 Å². The van der Waals surface area contributed by atoms with E-state index in [1.165, 1.54) is 0 Å². The number of para-hydroxylation sites is 1. The number of esters is 1. The van der Waals surface area contributed by atoms with Crippen molar-refractivity contribution in [2.24, 2.45) is 5.73 Å². The molecule has 0 aliphatic heterocycles. The fourth-order valence-electron chi connectivity index (χ4n) is 4.39. The van der Waals surface area contributed by atoms with Gasteiger partial charge in [0.05, 0.1) is 19.3 Å². The molecule has 0 spiro atoms. The summed E-state index contributed by atoms with van der Waals surface area (Å²) in [5.41, 5.74) is 13.5. The van der Waals surface area contributed by atoms with Gasteiger partial charge in [0.15, 0.2) is 0 Å². The van der Waals surface area contributed by atoms with E-state index in [-0.39, 0.29) is 19.0 Å². The molecule has 0 aliphatic rings. The van der Waals surface area contributed by atoms with Crippen molar-refractivity contribution in [2.75, 3.05) is 6.61 Å². The third-order valence-electron chi connectivity index (χ3n) is 6.22. The van der Waals surface area contributed by atoms with E-state index in [9.17, 15) is 4.79 Å². The minimum atomic E-state index is -0.280. The SMILES string of the molecule is CCOC(=O)Cc1ccccc1OCc1coc2c(-c3cccnc3)cc(-c3cccc(CN)c3)cc12. The molecule has 0 amide bonds. The van der Waals surface area contributed by atoms with E-state index in [1.54, 1.807) is 19.4 Å². The van der Waals surface area contributed by atoms with E-state index in [0.29, 0.717) is 18.9 Å². The lowest BCUT2D eigenvalue weighted by molar-refractivity contribution is -0.142. The van der Waals surface area contributed by atoms with Gasteiger partial charge in [-0.25, -0.2) is 0 Å². The molecule has 0 saturated carbocycles. The van der Waals surface area contributed by atoms with Gasteiger partial charge in [0.1, 0.15) is 17.9 Å². The van der Waals surface area contributed by atoms with Crippen LogP contribution in [0.1, 0.15) is 23.6 Å². The summed E-state index contributed by atoms with van der Waals surface area (Å²) in [6, 6.07) is 23.9. The summed E-state index contributed by atoms with van der Waals surface area (Å²) in [4.78, 5) is 16.4. The zero-order valence-electron chi connectivity index (χ0n) is 20.6. The summed E-state index contributed by atoms with van der Waals surface area (Å²) in [6.07, 6.45) is 5.48. The van der Waals surface area contributed by atoms with Crippen LogP contribution in [0.15, 0.2) is 95.9 Å². The molecular weight excluding hydrogens is 464 g/mol. The summed E-state index contributed by atoms with van der Waals surface area (Å²) in [5, 5.41) is 0.956. The molecule has 5 aromatic rings. The molecule has 0 aliphatic carbocycles. The molecule has 186 valence electrons. The fraction of sp³-hybridized carbons (Fsp3) is 0.161. The predicted molar refractivity (Wildman–Crippen MR) is 144 cm³/mol. The highest BCUT2D eigenvalue weighted by molar-refractivity contribution is 5.98. The van der Waals surface area contributed by atoms with E-state index >= 15 is 0 Å². The Bertz CT molecular complexity index is 1530. The smallest absolute Gasteiger partial charge is 0.310 e. The molecule has 37 heavy (non-hydrogen) atoms. The number of hydrogen-bond acceptors (Lipinski definition) is 6. The zero-order chi connectivity index (χ0) is 25.6. The number of carbonyl (C=O) groups is 1. The molecule has 6 nitrogen and oxygen atoms in total. The largest absolute Gasteiger partial charge is 0.488 e. The first-order valence-corrected chi connectivity index (χ1v) is 12.3. The molecule has 6 heteroatoms. The van der Waals surface area contributed by atoms with Gasteiger partial charge in [-0.05, 0) is 53.9 Å². The number of benzene rings is 3. The van der Waals surface area contributed by atoms with Crippen LogP contribution in [0.5, 0.6) is 5.75 Å². The summed E-state index contributed by atoms with van der Waals surface area (Å²) in [7, 11) is 0. The predicted octanol–water partition coefficient (Wildman–Crippen LogP) is 6.31. The van der Waals surface area contributed by atoms with Crippen molar-refractivity contribution in [1.82, 2.24) is 4.98 Å². The van der Waals surface area contributed by atoms with Gasteiger partial charge >= 0.3 is 5.97 Å². The number of pyridine rings is 1. The highest BCUT2D eigenvalue weighted by Crippen LogP contribution is 2.37. The normalized spacial score (nSPS) is 11.0. The number of nitrogens with two attached hydrogens (primary N) is 1. The molecule has 0 bridgehead atoms. The van der Waals surface area contributed by atoms with E-state index in [0.717, 1.165) is 49.9 Å². The number of rotatable bonds is 9. The second-order valence-electron chi connectivity index (χ2n) is 8.69. The minimum Gasteiger partial charge on any atom is -0.488 e. The number of carbonyl (C=O) groups excluding carboxylic acids is 1. The van der Waals surface area contributed by atoms with Gasteiger partial charge in [-0.2, -0.15) is 0 Å². The molecule has 2 aromatic heterocycles.